The van der Waals surface area contributed by atoms with Gasteiger partial charge in [-0.15, -0.1) is 16.4 Å². The molecule has 0 aliphatic heterocycles. The van der Waals surface area contributed by atoms with Crippen molar-refractivity contribution in [3.05, 3.63) is 149 Å². The van der Waals surface area contributed by atoms with Crippen molar-refractivity contribution in [2.24, 2.45) is 5.41 Å². The number of phenols is 1. The Morgan fingerprint density at radius 3 is 1.86 bits per heavy atom. The fourth-order valence-corrected chi connectivity index (χ4v) is 11.1. The van der Waals surface area contributed by atoms with E-state index in [0.29, 0.717) is 11.4 Å². The number of hydrogen-bond donors (Lipinski definition) is 1. The van der Waals surface area contributed by atoms with Crippen molar-refractivity contribution in [1.29, 1.82) is 0 Å². The maximum Gasteiger partial charge on any atom is 0.149 e. The summed E-state index contributed by atoms with van der Waals surface area (Å²) in [6, 6.07) is 42.3. The molecule has 9 aromatic rings. The average Bonchev–Trinajstić information content (AvgIpc) is 3.84. The fraction of sp³-hybridized carbons (Fsp3) is 0.349. The van der Waals surface area contributed by atoms with Crippen LogP contribution in [-0.4, -0.2) is 24.9 Å². The Bertz CT molecular complexity index is 3440. The van der Waals surface area contributed by atoms with Gasteiger partial charge in [0.1, 0.15) is 17.3 Å². The van der Waals surface area contributed by atoms with Crippen molar-refractivity contribution in [2.75, 3.05) is 0 Å². The van der Waals surface area contributed by atoms with Gasteiger partial charge in [0.2, 0.25) is 0 Å². The van der Waals surface area contributed by atoms with E-state index >= 15 is 0 Å². The lowest BCUT2D eigenvalue weighted by Crippen LogP contribution is -2.17. The first-order valence-corrected chi connectivity index (χ1v) is 25.4. The molecule has 0 aliphatic carbocycles. The molecule has 0 saturated heterocycles. The van der Waals surface area contributed by atoms with Crippen LogP contribution in [0.1, 0.15) is 137 Å². The number of hydrogen-bond acceptors (Lipinski definition) is 5. The number of benzene rings is 6. The van der Waals surface area contributed by atoms with Gasteiger partial charge in [0, 0.05) is 37.7 Å². The third kappa shape index (κ3) is 9.13. The first-order valence-electron chi connectivity index (χ1n) is 24.6. The molecule has 5 nitrogen and oxygen atoms in total. The molecule has 0 aliphatic rings. The second-order valence-corrected chi connectivity index (χ2v) is 25.8. The highest BCUT2D eigenvalue weighted by Gasteiger charge is 2.30. The van der Waals surface area contributed by atoms with Crippen LogP contribution in [0, 0.1) is 12.3 Å². The van der Waals surface area contributed by atoms with Gasteiger partial charge in [0.25, 0.3) is 0 Å². The van der Waals surface area contributed by atoms with Crippen LogP contribution in [0.25, 0.3) is 81.8 Å². The SMILES string of the molecule is Cc1nnc(-c2cc(-c3cccc4c3nc(-c3cc(C(C)(C)C)cc(C(C)(C)C)c3O)n4-c3ccc(C(C)(C)C)cc3-c3ccccc3)cc(C(C)(C)C)c2)c2sc3cc(CC(C)(C)C)ccc3c12. The highest BCUT2D eigenvalue weighted by Crippen LogP contribution is 2.47. The van der Waals surface area contributed by atoms with E-state index in [1.807, 2.05) is 11.3 Å². The minimum absolute atomic E-state index is 0.0792. The van der Waals surface area contributed by atoms with Crippen LogP contribution in [0.5, 0.6) is 5.75 Å². The molecule has 1 N–H and O–H groups in total. The zero-order chi connectivity index (χ0) is 49.7. The van der Waals surface area contributed by atoms with Crippen molar-refractivity contribution in [1.82, 2.24) is 19.7 Å². The molecule has 0 saturated carbocycles. The number of imidazole rings is 1. The number of phenolic OH excluding ortho intramolecular Hbond substituents is 1. The molecule has 354 valence electrons. The molecule has 0 atom stereocenters. The topological polar surface area (TPSA) is 63.8 Å². The van der Waals surface area contributed by atoms with E-state index in [-0.39, 0.29) is 32.8 Å². The summed E-state index contributed by atoms with van der Waals surface area (Å²) in [6.45, 7) is 35.9. The molecule has 0 amide bonds. The van der Waals surface area contributed by atoms with E-state index in [9.17, 15) is 5.11 Å². The normalized spacial score (nSPS) is 13.0. The number of nitrogens with zero attached hydrogens (tertiary/aromatic N) is 4. The Kier molecular flexibility index (Phi) is 11.7. The van der Waals surface area contributed by atoms with Crippen LogP contribution in [0.4, 0.5) is 0 Å². The number of rotatable bonds is 6. The van der Waals surface area contributed by atoms with Crippen LogP contribution < -0.4 is 0 Å². The molecule has 69 heavy (non-hydrogen) atoms. The molecule has 0 radical (unpaired) electrons. The molecule has 0 spiro atoms. The lowest BCUT2D eigenvalue weighted by atomic mass is 9.79. The predicted molar refractivity (Wildman–Crippen MR) is 296 cm³/mol. The Labute approximate surface area is 414 Å². The van der Waals surface area contributed by atoms with Crippen molar-refractivity contribution >= 4 is 42.5 Å². The lowest BCUT2D eigenvalue weighted by Gasteiger charge is -2.28. The molecule has 0 fully saturated rings. The molecule has 3 aromatic heterocycles. The van der Waals surface area contributed by atoms with E-state index in [2.05, 4.69) is 231 Å². The minimum atomic E-state index is -0.330. The quantitative estimate of drug-likeness (QED) is 0.180. The molecular formula is C63H70N4OS. The smallest absolute Gasteiger partial charge is 0.149 e. The van der Waals surface area contributed by atoms with E-state index in [1.54, 1.807) is 0 Å². The predicted octanol–water partition coefficient (Wildman–Crippen LogP) is 17.6. The van der Waals surface area contributed by atoms with Gasteiger partial charge in [-0.2, -0.15) is 5.10 Å². The van der Waals surface area contributed by atoms with Gasteiger partial charge < -0.3 is 5.11 Å². The average molecular weight is 931 g/mol. The van der Waals surface area contributed by atoms with Crippen LogP contribution in [0.15, 0.2) is 115 Å². The summed E-state index contributed by atoms with van der Waals surface area (Å²) >= 11 is 1.82. The van der Waals surface area contributed by atoms with Crippen LogP contribution in [0.3, 0.4) is 0 Å². The number of fused-ring (bicyclic) bond motifs is 4. The van der Waals surface area contributed by atoms with Crippen molar-refractivity contribution in [3.8, 4) is 56.3 Å². The van der Waals surface area contributed by atoms with Gasteiger partial charge >= 0.3 is 0 Å². The van der Waals surface area contributed by atoms with Crippen molar-refractivity contribution in [2.45, 2.75) is 139 Å². The first kappa shape index (κ1) is 47.9. The maximum atomic E-state index is 12.6. The lowest BCUT2D eigenvalue weighted by molar-refractivity contribution is 0.411. The number of aryl methyl sites for hydroxylation is 1. The monoisotopic (exact) mass is 931 g/mol. The molecule has 6 heteroatoms. The third-order valence-corrected chi connectivity index (χ3v) is 14.8. The number of aromatic hydroxyl groups is 1. The number of aromatic nitrogens is 4. The van der Waals surface area contributed by atoms with E-state index in [0.717, 1.165) is 78.2 Å². The van der Waals surface area contributed by atoms with Gasteiger partial charge in [-0.25, -0.2) is 4.98 Å². The maximum absolute atomic E-state index is 12.6. The van der Waals surface area contributed by atoms with Crippen LogP contribution in [-0.2, 0) is 28.1 Å². The summed E-state index contributed by atoms with van der Waals surface area (Å²) in [5.74, 6) is 0.954. The van der Waals surface area contributed by atoms with Crippen LogP contribution in [0.2, 0.25) is 0 Å². The summed E-state index contributed by atoms with van der Waals surface area (Å²) in [7, 11) is 0. The van der Waals surface area contributed by atoms with E-state index in [4.69, 9.17) is 15.2 Å². The van der Waals surface area contributed by atoms with Crippen LogP contribution >= 0.6 is 11.3 Å². The van der Waals surface area contributed by atoms with Gasteiger partial charge in [0.05, 0.1) is 32.7 Å². The summed E-state index contributed by atoms with van der Waals surface area (Å²) in [6.07, 6.45) is 1.01. The first-order chi connectivity index (χ1) is 32.2. The zero-order valence-electron chi connectivity index (χ0n) is 43.8. The van der Waals surface area contributed by atoms with E-state index in [1.165, 1.54) is 32.2 Å². The molecular weight excluding hydrogens is 861 g/mol. The Hall–Kier alpha value is -6.11. The number of para-hydroxylation sites is 1. The fourth-order valence-electron chi connectivity index (χ4n) is 9.76. The van der Waals surface area contributed by atoms with Gasteiger partial charge in [-0.3, -0.25) is 4.57 Å². The summed E-state index contributed by atoms with van der Waals surface area (Å²) < 4.78 is 4.72. The van der Waals surface area contributed by atoms with Gasteiger partial charge in [0.15, 0.2) is 0 Å². The van der Waals surface area contributed by atoms with Gasteiger partial charge in [-0.05, 0) is 116 Å². The molecule has 0 unspecified atom stereocenters. The highest BCUT2D eigenvalue weighted by molar-refractivity contribution is 7.26. The van der Waals surface area contributed by atoms with Crippen molar-refractivity contribution < 1.29 is 5.11 Å². The second-order valence-electron chi connectivity index (χ2n) is 24.8. The minimum Gasteiger partial charge on any atom is -0.507 e. The molecule has 0 bridgehead atoms. The zero-order valence-corrected chi connectivity index (χ0v) is 44.6. The summed E-state index contributed by atoms with van der Waals surface area (Å²) in [5, 5.41) is 24.9. The highest BCUT2D eigenvalue weighted by atomic mass is 32.1. The Balaban J connectivity index is 1.36. The molecule has 9 rings (SSSR count). The summed E-state index contributed by atoms with van der Waals surface area (Å²) in [4.78, 5) is 5.74. The largest absolute Gasteiger partial charge is 0.507 e. The Morgan fingerprint density at radius 1 is 0.551 bits per heavy atom. The van der Waals surface area contributed by atoms with Crippen molar-refractivity contribution in [3.63, 3.8) is 0 Å². The summed E-state index contributed by atoms with van der Waals surface area (Å²) in [5.41, 5.74) is 15.9. The van der Waals surface area contributed by atoms with E-state index < -0.39 is 0 Å². The van der Waals surface area contributed by atoms with Gasteiger partial charge in [-0.1, -0.05) is 177 Å². The third-order valence-electron chi connectivity index (χ3n) is 13.6. The molecule has 3 heterocycles. The second kappa shape index (κ2) is 16.8. The Morgan fingerprint density at radius 2 is 1.20 bits per heavy atom. The number of thiophene rings is 1. The molecule has 6 aromatic carbocycles. The standard InChI is InChI=1S/C63H70N4OS/c1-37-53-46-27-25-38(36-59(2,3)4)29-52(46)69-57(53)54(66-65-37)41-30-40(31-43(32-41)61(8,9)10)45-23-20-24-51-55(45)64-58(48-34-44(62(11,12)13)35-49(56(48)68)63(14,15)16)67(51)50-28-26-42(60(5,6)7)33-47(50)39-21-18-17-19-22-39/h17-35,68H,36H2,1-16H3.